The predicted octanol–water partition coefficient (Wildman–Crippen LogP) is 7.79. The lowest BCUT2D eigenvalue weighted by molar-refractivity contribution is -0.890. The van der Waals surface area contributed by atoms with E-state index in [2.05, 4.69) is 54.8 Å². The standard InChI is InChI=1S/C35H62NO3/c1-25(2)10-8-11-26(3)30-15-16-31-29-14-13-27-24-28(39-33(38)12-9-21-36(6,7)22-23-37)17-19-34(27,4)32(29)18-20-35(30,31)5/h13,25-26,28-32,37H,8-12,14-24H2,1-7H3/q+1/t26-,28+,29?,30?,31?,32?,34+,35-/m1/s1. The van der Waals surface area contributed by atoms with Gasteiger partial charge >= 0.3 is 5.97 Å². The highest BCUT2D eigenvalue weighted by Gasteiger charge is 2.59. The topological polar surface area (TPSA) is 46.5 Å². The number of carbonyl (C=O) groups is 1. The minimum Gasteiger partial charge on any atom is -0.462 e. The van der Waals surface area contributed by atoms with Crippen molar-refractivity contribution in [2.24, 2.45) is 46.3 Å². The van der Waals surface area contributed by atoms with Gasteiger partial charge in [-0.2, -0.15) is 0 Å². The van der Waals surface area contributed by atoms with Crippen LogP contribution >= 0.6 is 0 Å². The number of rotatable bonds is 12. The number of esters is 1. The molecule has 0 aromatic heterocycles. The van der Waals surface area contributed by atoms with Crippen molar-refractivity contribution in [3.8, 4) is 0 Å². The van der Waals surface area contributed by atoms with Gasteiger partial charge in [-0.25, -0.2) is 0 Å². The third kappa shape index (κ3) is 6.79. The normalized spacial score (nSPS) is 37.1. The van der Waals surface area contributed by atoms with Crippen LogP contribution in [0.15, 0.2) is 11.6 Å². The van der Waals surface area contributed by atoms with Crippen LogP contribution in [0.2, 0.25) is 0 Å². The van der Waals surface area contributed by atoms with Crippen molar-refractivity contribution in [2.45, 2.75) is 124 Å². The summed E-state index contributed by atoms with van der Waals surface area (Å²) >= 11 is 0. The molecule has 3 fully saturated rings. The Hall–Kier alpha value is -0.870. The maximum absolute atomic E-state index is 12.7. The van der Waals surface area contributed by atoms with Crippen LogP contribution < -0.4 is 0 Å². The van der Waals surface area contributed by atoms with E-state index in [1.807, 2.05) is 0 Å². The van der Waals surface area contributed by atoms with Gasteiger partial charge in [0.05, 0.1) is 33.7 Å². The molecule has 4 aliphatic carbocycles. The van der Waals surface area contributed by atoms with Gasteiger partial charge < -0.3 is 14.3 Å². The number of allylic oxidation sites excluding steroid dienone is 1. The first-order valence-corrected chi connectivity index (χ1v) is 16.7. The number of nitrogens with zero attached hydrogens (tertiary/aromatic N) is 1. The van der Waals surface area contributed by atoms with Gasteiger partial charge in [0, 0.05) is 12.8 Å². The van der Waals surface area contributed by atoms with E-state index in [0.29, 0.717) is 17.3 Å². The van der Waals surface area contributed by atoms with Crippen molar-refractivity contribution in [1.82, 2.24) is 0 Å². The van der Waals surface area contributed by atoms with Crippen LogP contribution in [0.4, 0.5) is 0 Å². The number of fused-ring (bicyclic) bond motifs is 5. The van der Waals surface area contributed by atoms with Crippen LogP contribution in [0.1, 0.15) is 118 Å². The third-order valence-corrected chi connectivity index (χ3v) is 12.4. The summed E-state index contributed by atoms with van der Waals surface area (Å²) in [5, 5.41) is 9.24. The Morgan fingerprint density at radius 3 is 2.51 bits per heavy atom. The van der Waals surface area contributed by atoms with Crippen molar-refractivity contribution in [2.75, 3.05) is 33.8 Å². The lowest BCUT2D eigenvalue weighted by Gasteiger charge is -2.58. The number of hydrogen-bond donors (Lipinski definition) is 1. The minimum absolute atomic E-state index is 0.0326. The molecule has 0 heterocycles. The molecule has 4 nitrogen and oxygen atoms in total. The molecule has 0 radical (unpaired) electrons. The monoisotopic (exact) mass is 544 g/mol. The molecule has 0 aliphatic heterocycles. The van der Waals surface area contributed by atoms with Crippen molar-refractivity contribution >= 4 is 5.97 Å². The Balaban J connectivity index is 1.33. The summed E-state index contributed by atoms with van der Waals surface area (Å²) in [4.78, 5) is 12.7. The van der Waals surface area contributed by atoms with E-state index in [1.165, 1.54) is 57.8 Å². The summed E-state index contributed by atoms with van der Waals surface area (Å²) in [6, 6.07) is 0. The Morgan fingerprint density at radius 2 is 1.79 bits per heavy atom. The summed E-state index contributed by atoms with van der Waals surface area (Å²) in [5.41, 5.74) is 2.45. The van der Waals surface area contributed by atoms with E-state index < -0.39 is 0 Å². The second-order valence-corrected chi connectivity index (χ2v) is 15.9. The molecule has 4 aliphatic rings. The largest absolute Gasteiger partial charge is 0.462 e. The Kier molecular flexibility index (Phi) is 10.0. The molecule has 0 aromatic rings. The van der Waals surface area contributed by atoms with E-state index >= 15 is 0 Å². The van der Waals surface area contributed by atoms with Gasteiger partial charge in [-0.3, -0.25) is 4.79 Å². The fraction of sp³-hybridized carbons (Fsp3) is 0.914. The van der Waals surface area contributed by atoms with Gasteiger partial charge in [0.1, 0.15) is 12.6 Å². The minimum atomic E-state index is -0.0326. The SMILES string of the molecule is CC(C)CCC[C@@H](C)C1CCC2C3CC=C4C[C@@H](OC(=O)CCC[N+](C)(C)CCO)CC[C@]4(C)C3CC[C@@]21C. The van der Waals surface area contributed by atoms with Crippen LogP contribution in [0, 0.1) is 46.3 Å². The zero-order valence-corrected chi connectivity index (χ0v) is 26.6. The molecule has 224 valence electrons. The van der Waals surface area contributed by atoms with Crippen LogP contribution in [-0.4, -0.2) is 55.5 Å². The maximum atomic E-state index is 12.7. The van der Waals surface area contributed by atoms with Crippen molar-refractivity contribution in [3.05, 3.63) is 11.6 Å². The van der Waals surface area contributed by atoms with Crippen LogP contribution in [0.25, 0.3) is 0 Å². The highest BCUT2D eigenvalue weighted by Crippen LogP contribution is 2.67. The molecule has 3 saturated carbocycles. The van der Waals surface area contributed by atoms with Gasteiger partial charge in [0.15, 0.2) is 0 Å². The Morgan fingerprint density at radius 1 is 1.03 bits per heavy atom. The summed E-state index contributed by atoms with van der Waals surface area (Å²) in [7, 11) is 4.22. The van der Waals surface area contributed by atoms with Crippen molar-refractivity contribution < 1.29 is 19.1 Å². The van der Waals surface area contributed by atoms with Crippen LogP contribution in [0.3, 0.4) is 0 Å². The molecule has 8 atom stereocenters. The highest BCUT2D eigenvalue weighted by atomic mass is 16.5. The van der Waals surface area contributed by atoms with E-state index in [0.717, 1.165) is 72.3 Å². The Labute approximate surface area is 240 Å². The number of aliphatic hydroxyl groups is 1. The number of aliphatic hydroxyl groups excluding tert-OH is 1. The average Bonchev–Trinajstić information content (AvgIpc) is 3.21. The molecule has 0 saturated heterocycles. The lowest BCUT2D eigenvalue weighted by atomic mass is 9.47. The average molecular weight is 545 g/mol. The first-order valence-electron chi connectivity index (χ1n) is 16.7. The van der Waals surface area contributed by atoms with Gasteiger partial charge in [-0.05, 0) is 91.3 Å². The third-order valence-electron chi connectivity index (χ3n) is 12.4. The zero-order chi connectivity index (χ0) is 28.4. The quantitative estimate of drug-likeness (QED) is 0.155. The van der Waals surface area contributed by atoms with Gasteiger partial charge in [0.2, 0.25) is 0 Å². The second-order valence-electron chi connectivity index (χ2n) is 15.9. The molecule has 0 bridgehead atoms. The van der Waals surface area contributed by atoms with E-state index in [-0.39, 0.29) is 18.7 Å². The molecule has 4 heteroatoms. The van der Waals surface area contributed by atoms with E-state index in [1.54, 1.807) is 5.57 Å². The fourth-order valence-electron chi connectivity index (χ4n) is 10.0. The summed E-state index contributed by atoms with van der Waals surface area (Å²) in [6.07, 6.45) is 18.3. The smallest absolute Gasteiger partial charge is 0.306 e. The molecular weight excluding hydrogens is 482 g/mol. The van der Waals surface area contributed by atoms with Crippen molar-refractivity contribution in [1.29, 1.82) is 0 Å². The summed E-state index contributed by atoms with van der Waals surface area (Å²) in [6.45, 7) is 14.4. The summed E-state index contributed by atoms with van der Waals surface area (Å²) in [5.74, 6) is 5.14. The second kappa shape index (κ2) is 12.6. The first-order chi connectivity index (χ1) is 18.4. The number of quaternary nitrogens is 1. The lowest BCUT2D eigenvalue weighted by Crippen LogP contribution is -2.51. The van der Waals surface area contributed by atoms with Crippen molar-refractivity contribution in [3.63, 3.8) is 0 Å². The molecule has 1 N–H and O–H groups in total. The molecule has 0 aromatic carbocycles. The van der Waals surface area contributed by atoms with Gasteiger partial charge in [0.25, 0.3) is 0 Å². The molecule has 4 rings (SSSR count). The molecule has 0 amide bonds. The van der Waals surface area contributed by atoms with Gasteiger partial charge in [-0.1, -0.05) is 65.5 Å². The number of ether oxygens (including phenoxy) is 1. The van der Waals surface area contributed by atoms with Gasteiger partial charge in [-0.15, -0.1) is 0 Å². The molecule has 4 unspecified atom stereocenters. The molecule has 39 heavy (non-hydrogen) atoms. The van der Waals surface area contributed by atoms with Crippen LogP contribution in [-0.2, 0) is 9.53 Å². The molecule has 0 spiro atoms. The predicted molar refractivity (Wildman–Crippen MR) is 161 cm³/mol. The number of carbonyl (C=O) groups excluding carboxylic acids is 1. The Bertz CT molecular complexity index is 864. The van der Waals surface area contributed by atoms with Crippen LogP contribution in [0.5, 0.6) is 0 Å². The highest BCUT2D eigenvalue weighted by molar-refractivity contribution is 5.69. The van der Waals surface area contributed by atoms with E-state index in [4.69, 9.17) is 4.74 Å². The first kappa shape index (κ1) is 31.1. The number of likely N-dealkylation sites (N-methyl/N-ethyl adjacent to an activating group) is 1. The maximum Gasteiger partial charge on any atom is 0.306 e. The fourth-order valence-corrected chi connectivity index (χ4v) is 10.0. The number of hydrogen-bond acceptors (Lipinski definition) is 3. The zero-order valence-electron chi connectivity index (χ0n) is 26.6. The molecular formula is C35H62NO3+. The van der Waals surface area contributed by atoms with E-state index in [9.17, 15) is 9.90 Å². The summed E-state index contributed by atoms with van der Waals surface area (Å²) < 4.78 is 6.78.